The van der Waals surface area contributed by atoms with Gasteiger partial charge in [0.2, 0.25) is 0 Å². The van der Waals surface area contributed by atoms with Gasteiger partial charge in [-0.15, -0.1) is 0 Å². The molecule has 0 aliphatic carbocycles. The first kappa shape index (κ1) is 32.8. The first-order valence-corrected chi connectivity index (χ1v) is 16.7. The van der Waals surface area contributed by atoms with Crippen LogP contribution >= 0.6 is 0 Å². The van der Waals surface area contributed by atoms with Gasteiger partial charge in [0.05, 0.1) is 29.8 Å². The molecule has 1 amide bonds. The number of aromatic nitrogens is 2. The first-order chi connectivity index (χ1) is 25.0. The van der Waals surface area contributed by atoms with Crippen LogP contribution in [0.2, 0.25) is 0 Å². The number of carbonyl (C=O) groups is 2. The predicted octanol–water partition coefficient (Wildman–Crippen LogP) is 8.96. The highest BCUT2D eigenvalue weighted by molar-refractivity contribution is 6.10. The molecule has 0 bridgehead atoms. The molecule has 7 aromatic rings. The molecule has 7 rings (SSSR count). The second kappa shape index (κ2) is 14.8. The van der Waals surface area contributed by atoms with Crippen LogP contribution < -0.4 is 10.1 Å². The highest BCUT2D eigenvalue weighted by atomic mass is 16.5. The standard InChI is InChI=1S/C44H35N3O4/c48-42(37-20-10-11-21-38(37)43(49)50)46-36-26-24-32(25-27-36)28-29-51-41-23-13-12-22-39(41)40-30-47(31-45-40)44(33-14-4-1-5-15-33,34-16-6-2-7-17-34)35-18-8-3-9-19-35/h1-27,30-31H,28-29H2,(H,46,48)(H,49,50). The number of aromatic carboxylic acids is 1. The maximum atomic E-state index is 12.8. The lowest BCUT2D eigenvalue weighted by Crippen LogP contribution is -2.36. The molecule has 0 aliphatic heterocycles. The number of hydrogen-bond acceptors (Lipinski definition) is 4. The number of amides is 1. The predicted molar refractivity (Wildman–Crippen MR) is 199 cm³/mol. The average molecular weight is 670 g/mol. The molecule has 0 unspecified atom stereocenters. The van der Waals surface area contributed by atoms with E-state index in [2.05, 4.69) is 88.9 Å². The minimum absolute atomic E-state index is 0.0428. The van der Waals surface area contributed by atoms with E-state index >= 15 is 0 Å². The number of imidazole rings is 1. The lowest BCUT2D eigenvalue weighted by Gasteiger charge is -2.37. The van der Waals surface area contributed by atoms with E-state index in [1.807, 2.05) is 60.9 Å². The fourth-order valence-corrected chi connectivity index (χ4v) is 6.53. The van der Waals surface area contributed by atoms with Crippen LogP contribution in [-0.2, 0) is 12.0 Å². The molecule has 7 nitrogen and oxygen atoms in total. The molecule has 1 heterocycles. The quantitative estimate of drug-likeness (QED) is 0.127. The molecule has 7 heteroatoms. The fraction of sp³-hybridized carbons (Fsp3) is 0.0682. The van der Waals surface area contributed by atoms with Crippen LogP contribution in [-0.4, -0.2) is 33.1 Å². The summed E-state index contributed by atoms with van der Waals surface area (Å²) in [5.74, 6) is -0.893. The van der Waals surface area contributed by atoms with Gasteiger partial charge in [-0.05, 0) is 58.7 Å². The molecular weight excluding hydrogens is 635 g/mol. The highest BCUT2D eigenvalue weighted by Gasteiger charge is 2.38. The van der Waals surface area contributed by atoms with Crippen molar-refractivity contribution >= 4 is 17.6 Å². The molecule has 6 aromatic carbocycles. The molecule has 2 N–H and O–H groups in total. The van der Waals surface area contributed by atoms with Crippen LogP contribution in [0.1, 0.15) is 43.0 Å². The zero-order valence-corrected chi connectivity index (χ0v) is 27.7. The van der Waals surface area contributed by atoms with Gasteiger partial charge in [0.1, 0.15) is 11.3 Å². The molecule has 0 aliphatic rings. The minimum atomic E-state index is -1.15. The smallest absolute Gasteiger partial charge is 0.336 e. The summed E-state index contributed by atoms with van der Waals surface area (Å²) < 4.78 is 8.55. The van der Waals surface area contributed by atoms with E-state index < -0.39 is 17.4 Å². The van der Waals surface area contributed by atoms with Gasteiger partial charge in [0.15, 0.2) is 0 Å². The number of rotatable bonds is 12. The molecule has 51 heavy (non-hydrogen) atoms. The van der Waals surface area contributed by atoms with E-state index in [-0.39, 0.29) is 11.1 Å². The lowest BCUT2D eigenvalue weighted by atomic mass is 9.77. The van der Waals surface area contributed by atoms with Crippen LogP contribution in [0.3, 0.4) is 0 Å². The van der Waals surface area contributed by atoms with E-state index in [9.17, 15) is 14.7 Å². The number of para-hydroxylation sites is 1. The molecular formula is C44H35N3O4. The van der Waals surface area contributed by atoms with Crippen LogP contribution in [0.15, 0.2) is 176 Å². The minimum Gasteiger partial charge on any atom is -0.493 e. The second-order valence-corrected chi connectivity index (χ2v) is 12.1. The number of nitrogens with zero attached hydrogens (tertiary/aromatic N) is 2. The third-order valence-electron chi connectivity index (χ3n) is 8.97. The maximum absolute atomic E-state index is 12.8. The maximum Gasteiger partial charge on any atom is 0.336 e. The molecule has 1 aromatic heterocycles. The number of carboxylic acids is 1. The number of anilines is 1. The number of ether oxygens (including phenoxy) is 1. The average Bonchev–Trinajstić information content (AvgIpc) is 3.68. The molecule has 0 radical (unpaired) electrons. The van der Waals surface area contributed by atoms with Gasteiger partial charge in [-0.3, -0.25) is 4.79 Å². The van der Waals surface area contributed by atoms with Gasteiger partial charge in [-0.1, -0.05) is 127 Å². The van der Waals surface area contributed by atoms with E-state index in [1.165, 1.54) is 12.1 Å². The van der Waals surface area contributed by atoms with E-state index in [4.69, 9.17) is 9.72 Å². The summed E-state index contributed by atoms with van der Waals surface area (Å²) in [5, 5.41) is 12.2. The molecule has 0 saturated heterocycles. The Morgan fingerprint density at radius 1 is 0.647 bits per heavy atom. The van der Waals surface area contributed by atoms with Crippen molar-refractivity contribution in [1.29, 1.82) is 0 Å². The molecule has 0 spiro atoms. The van der Waals surface area contributed by atoms with Crippen molar-refractivity contribution in [2.24, 2.45) is 0 Å². The van der Waals surface area contributed by atoms with Gasteiger partial charge in [-0.2, -0.15) is 0 Å². The van der Waals surface area contributed by atoms with Gasteiger partial charge in [-0.25, -0.2) is 9.78 Å². The van der Waals surface area contributed by atoms with Crippen LogP contribution in [0, 0.1) is 0 Å². The van der Waals surface area contributed by atoms with Crippen molar-refractivity contribution in [3.63, 3.8) is 0 Å². The lowest BCUT2D eigenvalue weighted by molar-refractivity contribution is 0.0692. The van der Waals surface area contributed by atoms with Crippen LogP contribution in [0.25, 0.3) is 11.3 Å². The van der Waals surface area contributed by atoms with Gasteiger partial charge in [0.25, 0.3) is 5.91 Å². The van der Waals surface area contributed by atoms with Gasteiger partial charge < -0.3 is 19.7 Å². The number of carboxylic acid groups (broad SMARTS) is 1. The number of hydrogen-bond donors (Lipinski definition) is 2. The SMILES string of the molecule is O=C(O)c1ccccc1C(=O)Nc1ccc(CCOc2ccccc2-c2cn(C(c3ccccc3)(c3ccccc3)c3ccccc3)cn2)cc1. The normalized spacial score (nSPS) is 11.1. The third-order valence-corrected chi connectivity index (χ3v) is 8.97. The fourth-order valence-electron chi connectivity index (χ4n) is 6.53. The molecule has 0 saturated carbocycles. The Kier molecular flexibility index (Phi) is 9.52. The summed E-state index contributed by atoms with van der Waals surface area (Å²) >= 11 is 0. The largest absolute Gasteiger partial charge is 0.493 e. The summed E-state index contributed by atoms with van der Waals surface area (Å²) in [7, 11) is 0. The van der Waals surface area contributed by atoms with Crippen molar-refractivity contribution in [2.45, 2.75) is 12.0 Å². The van der Waals surface area contributed by atoms with E-state index in [0.29, 0.717) is 18.7 Å². The Balaban J connectivity index is 1.11. The number of benzene rings is 6. The van der Waals surface area contributed by atoms with E-state index in [1.54, 1.807) is 24.3 Å². The Morgan fingerprint density at radius 2 is 1.18 bits per heavy atom. The topological polar surface area (TPSA) is 93.5 Å². The van der Waals surface area contributed by atoms with Crippen molar-refractivity contribution < 1.29 is 19.4 Å². The summed E-state index contributed by atoms with van der Waals surface area (Å²) in [6.45, 7) is 0.428. The first-order valence-electron chi connectivity index (χ1n) is 16.7. The van der Waals surface area contributed by atoms with Crippen molar-refractivity contribution in [3.05, 3.63) is 210 Å². The van der Waals surface area contributed by atoms with Gasteiger partial charge >= 0.3 is 5.97 Å². The second-order valence-electron chi connectivity index (χ2n) is 12.1. The number of nitrogens with one attached hydrogen (secondary N) is 1. The van der Waals surface area contributed by atoms with Crippen molar-refractivity contribution in [1.82, 2.24) is 9.55 Å². The number of carbonyl (C=O) groups excluding carboxylic acids is 1. The Bertz CT molecular complexity index is 2150. The summed E-state index contributed by atoms with van der Waals surface area (Å²) in [6.07, 6.45) is 4.63. The summed E-state index contributed by atoms with van der Waals surface area (Å²) in [4.78, 5) is 29.2. The highest BCUT2D eigenvalue weighted by Crippen LogP contribution is 2.42. The Morgan fingerprint density at radius 3 is 1.76 bits per heavy atom. The molecule has 0 fully saturated rings. The van der Waals surface area contributed by atoms with Crippen LogP contribution in [0.5, 0.6) is 5.75 Å². The van der Waals surface area contributed by atoms with E-state index in [0.717, 1.165) is 39.3 Å². The van der Waals surface area contributed by atoms with Gasteiger partial charge in [0, 0.05) is 23.9 Å². The zero-order chi connectivity index (χ0) is 35.0. The third kappa shape index (κ3) is 6.78. The van der Waals surface area contributed by atoms with Crippen molar-refractivity contribution in [2.75, 3.05) is 11.9 Å². The molecule has 0 atom stereocenters. The summed E-state index contributed by atoms with van der Waals surface area (Å²) in [6, 6.07) is 53.0. The summed E-state index contributed by atoms with van der Waals surface area (Å²) in [5.41, 5.74) is 6.03. The monoisotopic (exact) mass is 669 g/mol. The van der Waals surface area contributed by atoms with Crippen LogP contribution in [0.4, 0.5) is 5.69 Å². The van der Waals surface area contributed by atoms with Crippen molar-refractivity contribution in [3.8, 4) is 17.0 Å². The Labute approximate surface area is 296 Å². The zero-order valence-electron chi connectivity index (χ0n) is 27.7. The Hall–Kier alpha value is -6.73. The molecule has 250 valence electrons.